The van der Waals surface area contributed by atoms with Gasteiger partial charge in [0.1, 0.15) is 11.5 Å². The number of carbonyl (C=O) groups is 2. The molecule has 2 amide bonds. The Morgan fingerprint density at radius 3 is 2.54 bits per heavy atom. The number of carbonyl (C=O) groups excluding carboxylic acids is 2. The van der Waals surface area contributed by atoms with Crippen molar-refractivity contribution >= 4 is 23.2 Å². The zero-order chi connectivity index (χ0) is 19.8. The van der Waals surface area contributed by atoms with Crippen molar-refractivity contribution in [1.29, 1.82) is 0 Å². The van der Waals surface area contributed by atoms with Crippen molar-refractivity contribution in [2.24, 2.45) is 0 Å². The van der Waals surface area contributed by atoms with E-state index in [0.29, 0.717) is 28.4 Å². The number of pyridine rings is 1. The molecule has 0 fully saturated rings. The molecule has 0 bridgehead atoms. The first kappa shape index (κ1) is 18.9. The molecule has 2 N–H and O–H groups in total. The minimum absolute atomic E-state index is 0.119. The van der Waals surface area contributed by atoms with E-state index in [9.17, 15) is 9.59 Å². The van der Waals surface area contributed by atoms with Crippen LogP contribution in [0.2, 0.25) is 0 Å². The van der Waals surface area contributed by atoms with E-state index in [4.69, 9.17) is 9.47 Å². The fourth-order valence-electron chi connectivity index (χ4n) is 2.43. The summed E-state index contributed by atoms with van der Waals surface area (Å²) in [5.74, 6) is 0.417. The second-order valence-electron chi connectivity index (χ2n) is 5.76. The third kappa shape index (κ3) is 5.07. The zero-order valence-electron chi connectivity index (χ0n) is 15.2. The van der Waals surface area contributed by atoms with Crippen LogP contribution in [0.1, 0.15) is 10.4 Å². The van der Waals surface area contributed by atoms with E-state index in [-0.39, 0.29) is 18.4 Å². The summed E-state index contributed by atoms with van der Waals surface area (Å²) in [4.78, 5) is 28.3. The van der Waals surface area contributed by atoms with Gasteiger partial charge in [0.25, 0.3) is 11.8 Å². The molecule has 0 spiro atoms. The van der Waals surface area contributed by atoms with Gasteiger partial charge in [0.05, 0.1) is 18.4 Å². The zero-order valence-corrected chi connectivity index (χ0v) is 15.2. The largest absolute Gasteiger partial charge is 0.494 e. The van der Waals surface area contributed by atoms with Crippen LogP contribution in [0.4, 0.5) is 11.4 Å². The van der Waals surface area contributed by atoms with Gasteiger partial charge in [0.2, 0.25) is 0 Å². The van der Waals surface area contributed by atoms with Gasteiger partial charge in [-0.3, -0.25) is 14.6 Å². The predicted octanol–water partition coefficient (Wildman–Crippen LogP) is 3.36. The summed E-state index contributed by atoms with van der Waals surface area (Å²) in [6, 6.07) is 17.4. The Morgan fingerprint density at radius 2 is 1.82 bits per heavy atom. The highest BCUT2D eigenvalue weighted by Crippen LogP contribution is 2.28. The lowest BCUT2D eigenvalue weighted by molar-refractivity contribution is -0.118. The molecule has 0 unspecified atom stereocenters. The van der Waals surface area contributed by atoms with Crippen molar-refractivity contribution in [2.75, 3.05) is 24.4 Å². The van der Waals surface area contributed by atoms with Crippen molar-refractivity contribution < 1.29 is 19.1 Å². The average molecular weight is 377 g/mol. The van der Waals surface area contributed by atoms with Crippen LogP contribution in [0.25, 0.3) is 0 Å². The molecule has 0 aliphatic carbocycles. The van der Waals surface area contributed by atoms with Crippen LogP contribution >= 0.6 is 0 Å². The molecule has 3 rings (SSSR count). The van der Waals surface area contributed by atoms with E-state index in [1.54, 1.807) is 48.7 Å². The minimum atomic E-state index is -0.307. The minimum Gasteiger partial charge on any atom is -0.494 e. The number of benzene rings is 2. The summed E-state index contributed by atoms with van der Waals surface area (Å²) in [6.07, 6.45) is 3.07. The highest BCUT2D eigenvalue weighted by atomic mass is 16.5. The quantitative estimate of drug-likeness (QED) is 0.659. The Kier molecular flexibility index (Phi) is 6.20. The number of rotatable bonds is 7. The number of nitrogens with one attached hydrogen (secondary N) is 2. The summed E-state index contributed by atoms with van der Waals surface area (Å²) in [5.41, 5.74) is 1.44. The molecule has 28 heavy (non-hydrogen) atoms. The first-order valence-electron chi connectivity index (χ1n) is 8.53. The molecule has 0 atom stereocenters. The Labute approximate surface area is 162 Å². The summed E-state index contributed by atoms with van der Waals surface area (Å²) in [5, 5.41) is 5.50. The molecule has 3 aromatic rings. The molecule has 142 valence electrons. The van der Waals surface area contributed by atoms with E-state index < -0.39 is 0 Å². The van der Waals surface area contributed by atoms with Crippen molar-refractivity contribution in [3.63, 3.8) is 0 Å². The van der Waals surface area contributed by atoms with Gasteiger partial charge >= 0.3 is 0 Å². The number of aromatic nitrogens is 1. The maximum absolute atomic E-state index is 12.3. The van der Waals surface area contributed by atoms with Crippen LogP contribution in [0, 0.1) is 0 Å². The predicted molar refractivity (Wildman–Crippen MR) is 106 cm³/mol. The maximum atomic E-state index is 12.3. The van der Waals surface area contributed by atoms with Crippen LogP contribution in [-0.4, -0.2) is 30.5 Å². The second kappa shape index (κ2) is 9.18. The van der Waals surface area contributed by atoms with Crippen molar-refractivity contribution in [1.82, 2.24) is 4.98 Å². The van der Waals surface area contributed by atoms with E-state index in [0.717, 1.165) is 0 Å². The highest BCUT2D eigenvalue weighted by molar-refractivity contribution is 6.05. The molecule has 0 saturated carbocycles. The first-order valence-corrected chi connectivity index (χ1v) is 8.53. The number of ether oxygens (including phenoxy) is 2. The second-order valence-corrected chi connectivity index (χ2v) is 5.76. The van der Waals surface area contributed by atoms with Crippen LogP contribution in [0.5, 0.6) is 11.5 Å². The third-order valence-corrected chi connectivity index (χ3v) is 3.77. The molecule has 1 heterocycles. The maximum Gasteiger partial charge on any atom is 0.262 e. The smallest absolute Gasteiger partial charge is 0.262 e. The normalized spacial score (nSPS) is 10.0. The SMILES string of the molecule is COc1cc(NC(=O)COc2ccccc2)ccc1NC(=O)c1cccnc1. The van der Waals surface area contributed by atoms with Gasteiger partial charge in [-0.1, -0.05) is 18.2 Å². The van der Waals surface area contributed by atoms with Gasteiger partial charge in [0.15, 0.2) is 6.61 Å². The van der Waals surface area contributed by atoms with Crippen molar-refractivity contribution in [3.8, 4) is 11.5 Å². The fraction of sp³-hybridized carbons (Fsp3) is 0.0952. The van der Waals surface area contributed by atoms with E-state index in [1.807, 2.05) is 18.2 Å². The number of amides is 2. The molecule has 2 aromatic carbocycles. The van der Waals surface area contributed by atoms with Crippen molar-refractivity contribution in [2.45, 2.75) is 0 Å². The van der Waals surface area contributed by atoms with Gasteiger partial charge in [-0.15, -0.1) is 0 Å². The molecule has 0 radical (unpaired) electrons. The third-order valence-electron chi connectivity index (χ3n) is 3.77. The van der Waals surface area contributed by atoms with E-state index >= 15 is 0 Å². The number of para-hydroxylation sites is 1. The number of nitrogens with zero attached hydrogens (tertiary/aromatic N) is 1. The standard InChI is InChI=1S/C21H19N3O4/c1-27-19-12-16(23-20(25)14-28-17-7-3-2-4-8-17)9-10-18(19)24-21(26)15-6-5-11-22-13-15/h2-13H,14H2,1H3,(H,23,25)(H,24,26). The van der Waals surface area contributed by atoms with Crippen LogP contribution in [0.15, 0.2) is 73.1 Å². The first-order chi connectivity index (χ1) is 13.7. The Morgan fingerprint density at radius 1 is 1.00 bits per heavy atom. The molecule has 0 saturated heterocycles. The van der Waals surface area contributed by atoms with Crippen LogP contribution in [-0.2, 0) is 4.79 Å². The summed E-state index contributed by atoms with van der Waals surface area (Å²) >= 11 is 0. The molecular formula is C21H19N3O4. The lowest BCUT2D eigenvalue weighted by Crippen LogP contribution is -2.20. The van der Waals surface area contributed by atoms with Crippen LogP contribution in [0.3, 0.4) is 0 Å². The Balaban J connectivity index is 1.62. The van der Waals surface area contributed by atoms with Gasteiger partial charge in [-0.05, 0) is 36.4 Å². The molecule has 0 aliphatic heterocycles. The van der Waals surface area contributed by atoms with Gasteiger partial charge in [-0.25, -0.2) is 0 Å². The molecule has 7 heteroatoms. The van der Waals surface area contributed by atoms with Gasteiger partial charge < -0.3 is 20.1 Å². The van der Waals surface area contributed by atoms with Gasteiger partial charge in [-0.2, -0.15) is 0 Å². The number of hydrogen-bond donors (Lipinski definition) is 2. The Bertz CT molecular complexity index is 946. The average Bonchev–Trinajstić information content (AvgIpc) is 2.74. The molecule has 1 aromatic heterocycles. The number of methoxy groups -OCH3 is 1. The lowest BCUT2D eigenvalue weighted by atomic mass is 10.2. The molecule has 0 aliphatic rings. The number of anilines is 2. The van der Waals surface area contributed by atoms with Crippen LogP contribution < -0.4 is 20.1 Å². The fourth-order valence-corrected chi connectivity index (χ4v) is 2.43. The monoisotopic (exact) mass is 377 g/mol. The van der Waals surface area contributed by atoms with E-state index in [1.165, 1.54) is 13.3 Å². The summed E-state index contributed by atoms with van der Waals surface area (Å²) in [7, 11) is 1.49. The summed E-state index contributed by atoms with van der Waals surface area (Å²) in [6.45, 7) is -0.119. The van der Waals surface area contributed by atoms with Gasteiger partial charge in [0, 0.05) is 24.1 Å². The topological polar surface area (TPSA) is 89.5 Å². The number of hydrogen-bond acceptors (Lipinski definition) is 5. The molecule has 7 nitrogen and oxygen atoms in total. The van der Waals surface area contributed by atoms with Crippen molar-refractivity contribution in [3.05, 3.63) is 78.6 Å². The molecular weight excluding hydrogens is 358 g/mol. The summed E-state index contributed by atoms with van der Waals surface area (Å²) < 4.78 is 10.7. The highest BCUT2D eigenvalue weighted by Gasteiger charge is 2.12. The van der Waals surface area contributed by atoms with E-state index in [2.05, 4.69) is 15.6 Å². The Hall–Kier alpha value is -3.87. The lowest BCUT2D eigenvalue weighted by Gasteiger charge is -2.13.